The summed E-state index contributed by atoms with van der Waals surface area (Å²) in [6.45, 7) is 0. The number of carbonyl (C=O) groups excluding carboxylic acids is 2. The minimum Gasteiger partial charge on any atom is -0.464 e. The van der Waals surface area contributed by atoms with Crippen molar-refractivity contribution in [3.63, 3.8) is 0 Å². The van der Waals surface area contributed by atoms with Crippen LogP contribution in [0.3, 0.4) is 0 Å². The minimum atomic E-state index is -1.09. The zero-order chi connectivity index (χ0) is 22.1. The first-order valence-corrected chi connectivity index (χ1v) is 8.82. The number of ketones is 1. The van der Waals surface area contributed by atoms with Gasteiger partial charge in [0.15, 0.2) is 5.78 Å². The second kappa shape index (κ2) is 7.74. The molecule has 1 atom stereocenters. The van der Waals surface area contributed by atoms with Gasteiger partial charge in [0.25, 0.3) is 5.69 Å². The number of anilines is 1. The lowest BCUT2D eigenvalue weighted by molar-refractivity contribution is -0.384. The molecule has 4 rings (SSSR count). The maximum atomic E-state index is 14.0. The van der Waals surface area contributed by atoms with Crippen molar-refractivity contribution in [1.82, 2.24) is 20.2 Å². The van der Waals surface area contributed by atoms with Crippen LogP contribution in [-0.4, -0.2) is 44.0 Å². The van der Waals surface area contributed by atoms with E-state index in [1.165, 1.54) is 41.1 Å². The van der Waals surface area contributed by atoms with Crippen molar-refractivity contribution >= 4 is 23.4 Å². The fourth-order valence-corrected chi connectivity index (χ4v) is 3.29. The van der Waals surface area contributed by atoms with E-state index >= 15 is 0 Å². The summed E-state index contributed by atoms with van der Waals surface area (Å²) in [7, 11) is 1.13. The number of nitro benzene ring substituents is 1. The molecule has 0 unspecified atom stereocenters. The van der Waals surface area contributed by atoms with Crippen molar-refractivity contribution in [2.24, 2.45) is 0 Å². The summed E-state index contributed by atoms with van der Waals surface area (Å²) in [5.74, 6) is -2.14. The van der Waals surface area contributed by atoms with E-state index in [2.05, 4.69) is 20.8 Å². The third-order valence-corrected chi connectivity index (χ3v) is 4.63. The Morgan fingerprint density at radius 2 is 2.00 bits per heavy atom. The van der Waals surface area contributed by atoms with Crippen LogP contribution >= 0.6 is 0 Å². The summed E-state index contributed by atoms with van der Waals surface area (Å²) >= 11 is 0. The molecule has 0 spiro atoms. The zero-order valence-corrected chi connectivity index (χ0v) is 15.9. The average Bonchev–Trinajstić information content (AvgIpc) is 3.25. The molecule has 12 heteroatoms. The van der Waals surface area contributed by atoms with Gasteiger partial charge in [0, 0.05) is 17.7 Å². The van der Waals surface area contributed by atoms with Crippen LogP contribution in [-0.2, 0) is 9.53 Å². The molecule has 2 aromatic carbocycles. The second-order valence-corrected chi connectivity index (χ2v) is 6.45. The van der Waals surface area contributed by atoms with Crippen LogP contribution in [0.5, 0.6) is 0 Å². The van der Waals surface area contributed by atoms with Gasteiger partial charge in [-0.1, -0.05) is 29.4 Å². The van der Waals surface area contributed by atoms with Gasteiger partial charge in [0.1, 0.15) is 17.6 Å². The van der Waals surface area contributed by atoms with Crippen LogP contribution in [0.1, 0.15) is 22.0 Å². The van der Waals surface area contributed by atoms with E-state index in [1.807, 2.05) is 0 Å². The van der Waals surface area contributed by atoms with Gasteiger partial charge < -0.3 is 10.1 Å². The number of nitrogens with one attached hydrogen (secondary N) is 1. The van der Waals surface area contributed by atoms with Gasteiger partial charge in [-0.2, -0.15) is 4.68 Å². The van der Waals surface area contributed by atoms with E-state index in [4.69, 9.17) is 4.74 Å². The monoisotopic (exact) mass is 424 g/mol. The Hall–Kier alpha value is -4.48. The van der Waals surface area contributed by atoms with E-state index in [1.54, 1.807) is 6.07 Å². The van der Waals surface area contributed by atoms with Gasteiger partial charge in [0.2, 0.25) is 5.95 Å². The smallest absolute Gasteiger partial charge is 0.355 e. The maximum absolute atomic E-state index is 14.0. The first-order chi connectivity index (χ1) is 14.9. The molecule has 11 nitrogen and oxygen atoms in total. The van der Waals surface area contributed by atoms with Gasteiger partial charge >= 0.3 is 5.97 Å². The summed E-state index contributed by atoms with van der Waals surface area (Å²) in [6, 6.07) is 9.31. The lowest BCUT2D eigenvalue weighted by Crippen LogP contribution is -2.33. The van der Waals surface area contributed by atoms with E-state index in [0.29, 0.717) is 0 Å². The van der Waals surface area contributed by atoms with Crippen molar-refractivity contribution in [3.05, 3.63) is 86.9 Å². The number of esters is 1. The SMILES string of the molecule is COC(=O)C1=C(C(=O)c2cccc([N+](=O)[O-])c2)[C@H](c2cccc(F)c2)n2nnnc2N1. The van der Waals surface area contributed by atoms with Crippen LogP contribution in [0.4, 0.5) is 16.0 Å². The van der Waals surface area contributed by atoms with Crippen LogP contribution < -0.4 is 5.32 Å². The number of fused-ring (bicyclic) bond motifs is 1. The Balaban J connectivity index is 1.96. The molecule has 0 saturated heterocycles. The number of aromatic nitrogens is 4. The van der Waals surface area contributed by atoms with E-state index in [9.17, 15) is 24.1 Å². The van der Waals surface area contributed by atoms with E-state index in [0.717, 1.165) is 13.2 Å². The van der Waals surface area contributed by atoms with Crippen molar-refractivity contribution in [3.8, 4) is 0 Å². The fourth-order valence-electron chi connectivity index (χ4n) is 3.29. The number of non-ortho nitro benzene ring substituents is 1. The number of nitrogens with zero attached hydrogens (tertiary/aromatic N) is 5. The molecule has 0 bridgehead atoms. The molecule has 0 amide bonds. The Kier molecular flexibility index (Phi) is 4.95. The van der Waals surface area contributed by atoms with Gasteiger partial charge in [-0.15, -0.1) is 0 Å². The molecule has 1 aliphatic heterocycles. The molecule has 0 fully saturated rings. The number of hydrogen-bond donors (Lipinski definition) is 1. The predicted octanol–water partition coefficient (Wildman–Crippen LogP) is 2.05. The Morgan fingerprint density at radius 3 is 2.71 bits per heavy atom. The highest BCUT2D eigenvalue weighted by atomic mass is 19.1. The fraction of sp³-hybridized carbons (Fsp3) is 0.105. The first-order valence-electron chi connectivity index (χ1n) is 8.82. The average molecular weight is 424 g/mol. The van der Waals surface area contributed by atoms with Crippen molar-refractivity contribution in [2.45, 2.75) is 6.04 Å². The van der Waals surface area contributed by atoms with Crippen molar-refractivity contribution in [1.29, 1.82) is 0 Å². The molecule has 156 valence electrons. The topological polar surface area (TPSA) is 142 Å². The molecular weight excluding hydrogens is 411 g/mol. The summed E-state index contributed by atoms with van der Waals surface area (Å²) in [5, 5.41) is 25.0. The second-order valence-electron chi connectivity index (χ2n) is 6.45. The number of tetrazole rings is 1. The molecule has 31 heavy (non-hydrogen) atoms. The van der Waals surface area contributed by atoms with Crippen LogP contribution in [0, 0.1) is 15.9 Å². The number of allylic oxidation sites excluding steroid dienone is 1. The normalized spacial score (nSPS) is 15.1. The lowest BCUT2D eigenvalue weighted by atomic mass is 9.89. The number of Topliss-reactive ketones (excluding diaryl/α,β-unsaturated/α-hetero) is 1. The lowest BCUT2D eigenvalue weighted by Gasteiger charge is -2.28. The highest BCUT2D eigenvalue weighted by Crippen LogP contribution is 2.37. The molecular formula is C19H13FN6O5. The van der Waals surface area contributed by atoms with Crippen molar-refractivity contribution in [2.75, 3.05) is 12.4 Å². The van der Waals surface area contributed by atoms with E-state index < -0.39 is 28.5 Å². The number of nitro groups is 1. The number of ether oxygens (including phenoxy) is 1. The zero-order valence-electron chi connectivity index (χ0n) is 15.9. The number of carbonyl (C=O) groups is 2. The Morgan fingerprint density at radius 1 is 1.23 bits per heavy atom. The van der Waals surface area contributed by atoms with Crippen LogP contribution in [0.25, 0.3) is 0 Å². The van der Waals surface area contributed by atoms with Crippen LogP contribution in [0.15, 0.2) is 59.8 Å². The highest BCUT2D eigenvalue weighted by molar-refractivity contribution is 6.15. The highest BCUT2D eigenvalue weighted by Gasteiger charge is 2.38. The third kappa shape index (κ3) is 3.50. The molecule has 2 heterocycles. The predicted molar refractivity (Wildman–Crippen MR) is 102 cm³/mol. The molecule has 3 aromatic rings. The molecule has 0 aliphatic carbocycles. The van der Waals surface area contributed by atoms with Gasteiger partial charge in [-0.3, -0.25) is 14.9 Å². The summed E-state index contributed by atoms with van der Waals surface area (Å²) in [4.78, 5) is 36.5. The largest absolute Gasteiger partial charge is 0.464 e. The number of hydrogen-bond acceptors (Lipinski definition) is 9. The van der Waals surface area contributed by atoms with Crippen LogP contribution in [0.2, 0.25) is 0 Å². The minimum absolute atomic E-state index is 0.0326. The Bertz CT molecular complexity index is 1250. The van der Waals surface area contributed by atoms with Gasteiger partial charge in [0.05, 0.1) is 17.6 Å². The summed E-state index contributed by atoms with van der Waals surface area (Å²) < 4.78 is 20.0. The molecule has 0 saturated carbocycles. The van der Waals surface area contributed by atoms with Gasteiger partial charge in [-0.25, -0.2) is 9.18 Å². The van der Waals surface area contributed by atoms with E-state index in [-0.39, 0.29) is 34.0 Å². The standard InChI is InChI=1S/C19H13FN6O5/c1-31-18(28)15-14(17(27)11-5-3-7-13(9-11)26(29)30)16(10-4-2-6-12(20)8-10)25-19(21-15)22-23-24-25/h2-9,16H,1H3,(H,21,22,24)/t16-/m0/s1. The van der Waals surface area contributed by atoms with Gasteiger partial charge in [-0.05, 0) is 28.1 Å². The number of halogens is 1. The first kappa shape index (κ1) is 19.8. The quantitative estimate of drug-likeness (QED) is 0.282. The number of benzene rings is 2. The Labute approximate surface area is 173 Å². The summed E-state index contributed by atoms with van der Waals surface area (Å²) in [6.07, 6.45) is 0. The summed E-state index contributed by atoms with van der Waals surface area (Å²) in [5.41, 5.74) is -0.482. The molecule has 1 N–H and O–H groups in total. The maximum Gasteiger partial charge on any atom is 0.355 e. The number of methoxy groups -OCH3 is 1. The molecule has 1 aromatic heterocycles. The molecule has 1 aliphatic rings. The molecule has 0 radical (unpaired) electrons. The van der Waals surface area contributed by atoms with Crippen molar-refractivity contribution < 1.29 is 23.6 Å². The third-order valence-electron chi connectivity index (χ3n) is 4.63. The number of rotatable bonds is 5.